The number of hydrogen-bond donors (Lipinski definition) is 1. The summed E-state index contributed by atoms with van der Waals surface area (Å²) in [6.45, 7) is 0.711. The Morgan fingerprint density at radius 1 is 1.12 bits per heavy atom. The van der Waals surface area contributed by atoms with Crippen molar-refractivity contribution in [2.75, 3.05) is 20.2 Å². The van der Waals surface area contributed by atoms with Gasteiger partial charge >= 0.3 is 0 Å². The Bertz CT molecular complexity index is 746. The van der Waals surface area contributed by atoms with E-state index in [-0.39, 0.29) is 24.4 Å². The molecule has 25 heavy (non-hydrogen) atoms. The molecule has 0 spiro atoms. The molecule has 0 saturated carbocycles. The summed E-state index contributed by atoms with van der Waals surface area (Å²) in [6.07, 6.45) is 1.93. The average molecular weight is 338 g/mol. The van der Waals surface area contributed by atoms with Gasteiger partial charge in [-0.2, -0.15) is 0 Å². The number of para-hydroxylation sites is 1. The first kappa shape index (κ1) is 17.0. The monoisotopic (exact) mass is 338 g/mol. The fraction of sp³-hybridized carbons (Fsp3) is 0.300. The maximum absolute atomic E-state index is 12.6. The number of hydrogen-bond acceptors (Lipinski definition) is 3. The summed E-state index contributed by atoms with van der Waals surface area (Å²) in [6, 6.07) is 17.1. The largest absolute Gasteiger partial charge is 0.496 e. The van der Waals surface area contributed by atoms with Crippen molar-refractivity contribution in [3.63, 3.8) is 0 Å². The molecule has 0 radical (unpaired) electrons. The van der Waals surface area contributed by atoms with E-state index >= 15 is 0 Å². The van der Waals surface area contributed by atoms with Crippen LogP contribution in [0.25, 0.3) is 0 Å². The molecular weight excluding hydrogens is 316 g/mol. The lowest BCUT2D eigenvalue weighted by Gasteiger charge is -2.25. The third-order valence-corrected chi connectivity index (χ3v) is 4.51. The highest BCUT2D eigenvalue weighted by atomic mass is 16.5. The summed E-state index contributed by atoms with van der Waals surface area (Å²) in [7, 11) is 1.52. The fourth-order valence-electron chi connectivity index (χ4n) is 3.27. The summed E-state index contributed by atoms with van der Waals surface area (Å²) in [5.74, 6) is 0.131. The van der Waals surface area contributed by atoms with Crippen LogP contribution >= 0.6 is 0 Å². The minimum absolute atomic E-state index is 0.0137. The molecule has 2 aromatic rings. The van der Waals surface area contributed by atoms with Crippen molar-refractivity contribution in [1.29, 1.82) is 0 Å². The summed E-state index contributed by atoms with van der Waals surface area (Å²) in [5.41, 5.74) is 1.57. The minimum Gasteiger partial charge on any atom is -0.496 e. The number of nitrogens with zero attached hydrogens (tertiary/aromatic N) is 1. The van der Waals surface area contributed by atoms with Crippen molar-refractivity contribution < 1.29 is 14.3 Å². The Morgan fingerprint density at radius 2 is 1.84 bits per heavy atom. The maximum Gasteiger partial charge on any atom is 0.255 e. The van der Waals surface area contributed by atoms with Gasteiger partial charge in [-0.25, -0.2) is 0 Å². The molecule has 0 bridgehead atoms. The van der Waals surface area contributed by atoms with Gasteiger partial charge in [0.25, 0.3) is 5.91 Å². The number of carbonyl (C=O) groups excluding carboxylic acids is 2. The number of amides is 2. The number of rotatable bonds is 5. The molecule has 130 valence electrons. The zero-order valence-corrected chi connectivity index (χ0v) is 14.3. The van der Waals surface area contributed by atoms with Crippen LogP contribution in [0.5, 0.6) is 5.75 Å². The third kappa shape index (κ3) is 3.82. The lowest BCUT2D eigenvalue weighted by atomic mass is 10.0. The lowest BCUT2D eigenvalue weighted by Crippen LogP contribution is -2.39. The Balaban J connectivity index is 1.63. The molecule has 0 aliphatic carbocycles. The summed E-state index contributed by atoms with van der Waals surface area (Å²) >= 11 is 0. The van der Waals surface area contributed by atoms with Crippen molar-refractivity contribution in [1.82, 2.24) is 10.2 Å². The highest BCUT2D eigenvalue weighted by molar-refractivity contribution is 5.98. The molecule has 1 atom stereocenters. The molecule has 5 nitrogen and oxygen atoms in total. The quantitative estimate of drug-likeness (QED) is 0.912. The maximum atomic E-state index is 12.6. The van der Waals surface area contributed by atoms with Crippen LogP contribution in [0.4, 0.5) is 0 Å². The molecule has 1 aliphatic rings. The Kier molecular flexibility index (Phi) is 5.33. The molecule has 3 rings (SSSR count). The van der Waals surface area contributed by atoms with E-state index in [4.69, 9.17) is 4.74 Å². The molecule has 1 saturated heterocycles. The Hall–Kier alpha value is -2.82. The molecule has 1 aliphatic heterocycles. The van der Waals surface area contributed by atoms with Gasteiger partial charge in [0.15, 0.2) is 0 Å². The standard InChI is InChI=1S/C20H22N2O3/c1-25-18-12-6-5-10-16(18)20(24)21-14-19(23)22-13-7-11-17(22)15-8-3-2-4-9-15/h2-6,8-10,12,17H,7,11,13-14H2,1H3,(H,21,24)/t17-/m0/s1. The van der Waals surface area contributed by atoms with E-state index in [1.807, 2.05) is 35.2 Å². The van der Waals surface area contributed by atoms with Gasteiger partial charge in [0.1, 0.15) is 5.75 Å². The van der Waals surface area contributed by atoms with Gasteiger partial charge in [0, 0.05) is 6.54 Å². The number of methoxy groups -OCH3 is 1. The molecule has 0 aromatic heterocycles. The first-order chi connectivity index (χ1) is 12.2. The second kappa shape index (κ2) is 7.83. The number of ether oxygens (including phenoxy) is 1. The van der Waals surface area contributed by atoms with Crippen molar-refractivity contribution in [2.45, 2.75) is 18.9 Å². The van der Waals surface area contributed by atoms with Crippen molar-refractivity contribution in [2.24, 2.45) is 0 Å². The normalized spacial score (nSPS) is 16.5. The first-order valence-electron chi connectivity index (χ1n) is 8.46. The van der Waals surface area contributed by atoms with Crippen LogP contribution in [0.1, 0.15) is 34.8 Å². The second-order valence-electron chi connectivity index (χ2n) is 6.04. The zero-order valence-electron chi connectivity index (χ0n) is 14.3. The summed E-state index contributed by atoms with van der Waals surface area (Å²) in [5, 5.41) is 2.71. The van der Waals surface area contributed by atoms with Gasteiger partial charge in [0.05, 0.1) is 25.3 Å². The number of benzene rings is 2. The van der Waals surface area contributed by atoms with E-state index in [9.17, 15) is 9.59 Å². The summed E-state index contributed by atoms with van der Waals surface area (Å²) in [4.78, 5) is 26.8. The third-order valence-electron chi connectivity index (χ3n) is 4.51. The topological polar surface area (TPSA) is 58.6 Å². The SMILES string of the molecule is COc1ccccc1C(=O)NCC(=O)N1CCC[C@H]1c1ccccc1. The first-order valence-corrected chi connectivity index (χ1v) is 8.46. The molecule has 1 fully saturated rings. The van der Waals surface area contributed by atoms with Gasteiger partial charge < -0.3 is 15.0 Å². The molecule has 1 heterocycles. The smallest absolute Gasteiger partial charge is 0.255 e. The molecule has 2 aromatic carbocycles. The molecule has 1 N–H and O–H groups in total. The van der Waals surface area contributed by atoms with Crippen LogP contribution in [0.3, 0.4) is 0 Å². The van der Waals surface area contributed by atoms with Crippen LogP contribution in [0, 0.1) is 0 Å². The van der Waals surface area contributed by atoms with E-state index < -0.39 is 0 Å². The predicted octanol–water partition coefficient (Wildman–Crippen LogP) is 2.79. The molecule has 0 unspecified atom stereocenters. The highest BCUT2D eigenvalue weighted by Crippen LogP contribution is 2.31. The van der Waals surface area contributed by atoms with E-state index in [0.29, 0.717) is 11.3 Å². The minimum atomic E-state index is -0.304. The fourth-order valence-corrected chi connectivity index (χ4v) is 3.27. The highest BCUT2D eigenvalue weighted by Gasteiger charge is 2.29. The van der Waals surface area contributed by atoms with Gasteiger partial charge in [0.2, 0.25) is 5.91 Å². The van der Waals surface area contributed by atoms with Crippen LogP contribution in [-0.4, -0.2) is 36.9 Å². The Labute approximate surface area is 147 Å². The zero-order chi connectivity index (χ0) is 17.6. The average Bonchev–Trinajstić information content (AvgIpc) is 3.16. The van der Waals surface area contributed by atoms with Crippen LogP contribution in [0.2, 0.25) is 0 Å². The van der Waals surface area contributed by atoms with Crippen LogP contribution in [-0.2, 0) is 4.79 Å². The van der Waals surface area contributed by atoms with Gasteiger partial charge in [-0.1, -0.05) is 42.5 Å². The number of likely N-dealkylation sites (tertiary alicyclic amines) is 1. The second-order valence-corrected chi connectivity index (χ2v) is 6.04. The van der Waals surface area contributed by atoms with Crippen molar-refractivity contribution in [3.05, 3.63) is 65.7 Å². The van der Waals surface area contributed by atoms with E-state index in [1.165, 1.54) is 7.11 Å². The number of nitrogens with one attached hydrogen (secondary N) is 1. The summed E-state index contributed by atoms with van der Waals surface area (Å²) < 4.78 is 5.19. The van der Waals surface area contributed by atoms with Crippen LogP contribution in [0.15, 0.2) is 54.6 Å². The van der Waals surface area contributed by atoms with Crippen molar-refractivity contribution in [3.8, 4) is 5.75 Å². The lowest BCUT2D eigenvalue weighted by molar-refractivity contribution is -0.131. The van der Waals surface area contributed by atoms with E-state index in [2.05, 4.69) is 5.32 Å². The van der Waals surface area contributed by atoms with E-state index in [0.717, 1.165) is 24.9 Å². The van der Waals surface area contributed by atoms with Gasteiger partial charge in [-0.3, -0.25) is 9.59 Å². The molecule has 2 amide bonds. The van der Waals surface area contributed by atoms with Crippen LogP contribution < -0.4 is 10.1 Å². The molecule has 5 heteroatoms. The van der Waals surface area contributed by atoms with Crippen molar-refractivity contribution >= 4 is 11.8 Å². The predicted molar refractivity (Wildman–Crippen MR) is 95.5 cm³/mol. The molecular formula is C20H22N2O3. The number of carbonyl (C=O) groups is 2. The Morgan fingerprint density at radius 3 is 2.60 bits per heavy atom. The van der Waals surface area contributed by atoms with E-state index in [1.54, 1.807) is 24.3 Å². The van der Waals surface area contributed by atoms with Gasteiger partial charge in [-0.15, -0.1) is 0 Å². The van der Waals surface area contributed by atoms with Gasteiger partial charge in [-0.05, 0) is 30.5 Å².